The molecule has 0 aliphatic heterocycles. The number of carboxylic acids is 1. The highest BCUT2D eigenvalue weighted by molar-refractivity contribution is 5.76. The van der Waals surface area contributed by atoms with E-state index in [-0.39, 0.29) is 11.8 Å². The second kappa shape index (κ2) is 7.23. The van der Waals surface area contributed by atoms with E-state index < -0.39 is 12.0 Å². The summed E-state index contributed by atoms with van der Waals surface area (Å²) < 4.78 is 0. The van der Waals surface area contributed by atoms with E-state index in [1.807, 2.05) is 20.8 Å². The standard InChI is InChI=1S/C10H20N2O3/c1-4-11-8(13)5-6-12-9(7(2)3)10(14)15/h7,9,12H,4-6H2,1-3H3,(H,11,13)(H,14,15). The van der Waals surface area contributed by atoms with Crippen LogP contribution < -0.4 is 10.6 Å². The van der Waals surface area contributed by atoms with E-state index in [2.05, 4.69) is 10.6 Å². The van der Waals surface area contributed by atoms with Gasteiger partial charge in [-0.1, -0.05) is 13.8 Å². The van der Waals surface area contributed by atoms with Crippen molar-refractivity contribution in [3.63, 3.8) is 0 Å². The lowest BCUT2D eigenvalue weighted by Gasteiger charge is -2.17. The Morgan fingerprint density at radius 3 is 2.33 bits per heavy atom. The Morgan fingerprint density at radius 2 is 1.93 bits per heavy atom. The Kier molecular flexibility index (Phi) is 6.70. The van der Waals surface area contributed by atoms with Crippen molar-refractivity contribution in [2.75, 3.05) is 13.1 Å². The quantitative estimate of drug-likeness (QED) is 0.568. The molecular weight excluding hydrogens is 196 g/mol. The van der Waals surface area contributed by atoms with Gasteiger partial charge >= 0.3 is 5.97 Å². The molecule has 3 N–H and O–H groups in total. The number of carbonyl (C=O) groups excluding carboxylic acids is 1. The molecule has 0 spiro atoms. The maximum absolute atomic E-state index is 11.1. The molecule has 0 aliphatic carbocycles. The van der Waals surface area contributed by atoms with E-state index in [0.29, 0.717) is 19.5 Å². The Morgan fingerprint density at radius 1 is 1.33 bits per heavy atom. The molecule has 0 heterocycles. The third-order valence-corrected chi connectivity index (χ3v) is 2.02. The van der Waals surface area contributed by atoms with Gasteiger partial charge in [0.1, 0.15) is 6.04 Å². The molecule has 0 rings (SSSR count). The van der Waals surface area contributed by atoms with E-state index in [1.165, 1.54) is 0 Å². The summed E-state index contributed by atoms with van der Waals surface area (Å²) in [6.45, 7) is 6.50. The molecule has 1 unspecified atom stereocenters. The fraction of sp³-hybridized carbons (Fsp3) is 0.800. The van der Waals surface area contributed by atoms with Crippen molar-refractivity contribution in [3.8, 4) is 0 Å². The molecule has 0 aromatic carbocycles. The van der Waals surface area contributed by atoms with Crippen LogP contribution in [0.4, 0.5) is 0 Å². The van der Waals surface area contributed by atoms with Crippen LogP contribution in [-0.4, -0.2) is 36.1 Å². The first-order chi connectivity index (χ1) is 6.99. The highest BCUT2D eigenvalue weighted by Crippen LogP contribution is 2.01. The first-order valence-corrected chi connectivity index (χ1v) is 5.22. The van der Waals surface area contributed by atoms with Crippen molar-refractivity contribution >= 4 is 11.9 Å². The van der Waals surface area contributed by atoms with E-state index in [4.69, 9.17) is 5.11 Å². The van der Waals surface area contributed by atoms with Crippen LogP contribution in [0.2, 0.25) is 0 Å². The molecule has 0 radical (unpaired) electrons. The molecule has 0 fully saturated rings. The number of rotatable bonds is 7. The van der Waals surface area contributed by atoms with Gasteiger partial charge in [0.25, 0.3) is 0 Å². The van der Waals surface area contributed by atoms with Gasteiger partial charge in [0, 0.05) is 19.5 Å². The predicted octanol–water partition coefficient (Wildman–Crippen LogP) is 0.211. The van der Waals surface area contributed by atoms with E-state index in [9.17, 15) is 9.59 Å². The molecular formula is C10H20N2O3. The summed E-state index contributed by atoms with van der Waals surface area (Å²) in [6, 6.07) is -0.584. The molecule has 88 valence electrons. The lowest BCUT2D eigenvalue weighted by molar-refractivity contribution is -0.140. The van der Waals surface area contributed by atoms with Crippen LogP contribution >= 0.6 is 0 Å². The molecule has 5 nitrogen and oxygen atoms in total. The zero-order valence-electron chi connectivity index (χ0n) is 9.54. The third-order valence-electron chi connectivity index (χ3n) is 2.02. The fourth-order valence-electron chi connectivity index (χ4n) is 1.23. The summed E-state index contributed by atoms with van der Waals surface area (Å²) in [6.07, 6.45) is 0.310. The number of carboxylic acid groups (broad SMARTS) is 1. The molecule has 15 heavy (non-hydrogen) atoms. The average molecular weight is 216 g/mol. The van der Waals surface area contributed by atoms with Crippen molar-refractivity contribution in [1.29, 1.82) is 0 Å². The Labute approximate surface area is 90.2 Å². The molecule has 1 amide bonds. The molecule has 0 bridgehead atoms. The summed E-state index contributed by atoms with van der Waals surface area (Å²) in [7, 11) is 0. The maximum Gasteiger partial charge on any atom is 0.320 e. The van der Waals surface area contributed by atoms with Crippen LogP contribution in [0.25, 0.3) is 0 Å². The Balaban J connectivity index is 3.81. The normalized spacial score (nSPS) is 12.5. The van der Waals surface area contributed by atoms with Gasteiger partial charge in [-0.15, -0.1) is 0 Å². The predicted molar refractivity (Wildman–Crippen MR) is 57.6 cm³/mol. The van der Waals surface area contributed by atoms with Gasteiger partial charge in [0.2, 0.25) is 5.91 Å². The van der Waals surface area contributed by atoms with Crippen LogP contribution in [0.5, 0.6) is 0 Å². The first-order valence-electron chi connectivity index (χ1n) is 5.22. The molecule has 0 aromatic heterocycles. The van der Waals surface area contributed by atoms with Crippen LogP contribution in [0.15, 0.2) is 0 Å². The minimum absolute atomic E-state index is 0.0109. The molecule has 0 aromatic rings. The minimum Gasteiger partial charge on any atom is -0.480 e. The second-order valence-electron chi connectivity index (χ2n) is 3.72. The van der Waals surface area contributed by atoms with Crippen LogP contribution in [0.3, 0.4) is 0 Å². The molecule has 1 atom stereocenters. The number of nitrogens with one attached hydrogen (secondary N) is 2. The number of carbonyl (C=O) groups is 2. The molecule has 0 aliphatic rings. The summed E-state index contributed by atoms with van der Waals surface area (Å²) in [4.78, 5) is 21.8. The molecule has 5 heteroatoms. The number of aliphatic carboxylic acids is 1. The van der Waals surface area contributed by atoms with Crippen LogP contribution in [0, 0.1) is 5.92 Å². The number of amides is 1. The van der Waals surface area contributed by atoms with Crippen molar-refractivity contribution in [1.82, 2.24) is 10.6 Å². The maximum atomic E-state index is 11.1. The van der Waals surface area contributed by atoms with Crippen molar-refractivity contribution in [3.05, 3.63) is 0 Å². The third kappa shape index (κ3) is 6.06. The van der Waals surface area contributed by atoms with E-state index >= 15 is 0 Å². The lowest BCUT2D eigenvalue weighted by Crippen LogP contribution is -2.42. The number of hydrogen-bond acceptors (Lipinski definition) is 3. The van der Waals surface area contributed by atoms with Gasteiger partial charge < -0.3 is 15.7 Å². The Bertz CT molecular complexity index is 217. The highest BCUT2D eigenvalue weighted by Gasteiger charge is 2.20. The van der Waals surface area contributed by atoms with Gasteiger partial charge in [0.05, 0.1) is 0 Å². The molecule has 0 saturated carbocycles. The van der Waals surface area contributed by atoms with Crippen molar-refractivity contribution in [2.24, 2.45) is 5.92 Å². The summed E-state index contributed by atoms with van der Waals surface area (Å²) in [5.41, 5.74) is 0. The van der Waals surface area contributed by atoms with Gasteiger partial charge in [-0.3, -0.25) is 9.59 Å². The second-order valence-corrected chi connectivity index (χ2v) is 3.72. The fourth-order valence-corrected chi connectivity index (χ4v) is 1.23. The van der Waals surface area contributed by atoms with E-state index in [0.717, 1.165) is 0 Å². The monoisotopic (exact) mass is 216 g/mol. The summed E-state index contributed by atoms with van der Waals surface area (Å²) >= 11 is 0. The van der Waals surface area contributed by atoms with Crippen molar-refractivity contribution < 1.29 is 14.7 Å². The average Bonchev–Trinajstić information content (AvgIpc) is 2.11. The highest BCUT2D eigenvalue weighted by atomic mass is 16.4. The van der Waals surface area contributed by atoms with Gasteiger partial charge in [-0.05, 0) is 12.8 Å². The summed E-state index contributed by atoms with van der Waals surface area (Å²) in [5.74, 6) is -0.921. The van der Waals surface area contributed by atoms with Gasteiger partial charge in [-0.2, -0.15) is 0 Å². The minimum atomic E-state index is -0.874. The zero-order chi connectivity index (χ0) is 11.8. The molecule has 0 saturated heterocycles. The Hall–Kier alpha value is -1.10. The van der Waals surface area contributed by atoms with Gasteiger partial charge in [-0.25, -0.2) is 0 Å². The largest absolute Gasteiger partial charge is 0.480 e. The topological polar surface area (TPSA) is 78.4 Å². The zero-order valence-corrected chi connectivity index (χ0v) is 9.54. The smallest absolute Gasteiger partial charge is 0.320 e. The number of hydrogen-bond donors (Lipinski definition) is 3. The van der Waals surface area contributed by atoms with Gasteiger partial charge in [0.15, 0.2) is 0 Å². The van der Waals surface area contributed by atoms with Crippen molar-refractivity contribution in [2.45, 2.75) is 33.2 Å². The van der Waals surface area contributed by atoms with Crippen LogP contribution in [0.1, 0.15) is 27.2 Å². The van der Waals surface area contributed by atoms with Crippen LogP contribution in [-0.2, 0) is 9.59 Å². The van der Waals surface area contributed by atoms with E-state index in [1.54, 1.807) is 0 Å². The SMILES string of the molecule is CCNC(=O)CCNC(C(=O)O)C(C)C. The summed E-state index contributed by atoms with van der Waals surface area (Å²) in [5, 5.41) is 14.3. The first kappa shape index (κ1) is 13.9. The lowest BCUT2D eigenvalue weighted by atomic mass is 10.0.